The molecule has 0 fully saturated rings. The Morgan fingerprint density at radius 1 is 0.864 bits per heavy atom. The quantitative estimate of drug-likeness (QED) is 0.0749. The van der Waals surface area contributed by atoms with Crippen LogP contribution in [0.1, 0.15) is 53.4 Å². The summed E-state index contributed by atoms with van der Waals surface area (Å²) in [5.74, 6) is 7.93. The number of nitrogens with zero attached hydrogens (tertiary/aromatic N) is 1. The molecule has 0 saturated carbocycles. The van der Waals surface area contributed by atoms with Crippen molar-refractivity contribution in [3.63, 3.8) is 0 Å². The zero-order valence-electron chi connectivity index (χ0n) is 28.5. The standard InChI is InChI=1S/C25H28GeNSi.C13H24O2.Ir/c1-26(2,3)22-17-24(27-23-14-10-9-13-21(22)23)19-15-18-11-7-8-12-20(18)25(16-19)28(4,5)6;1-5-10(6-2)12(14)9-13(15)11(7-3)8-4;/h7-14,16-17H,1-6H3;9-11,14H,5-8H2,1-4H3;/q-1;;/b;12-9-;. The summed E-state index contributed by atoms with van der Waals surface area (Å²) in [6.45, 7) is 15.3. The summed E-state index contributed by atoms with van der Waals surface area (Å²) in [5, 5.41) is 15.1. The number of carbonyl (C=O) groups is 1. The number of hydrogen-bond donors (Lipinski definition) is 1. The molecule has 0 atom stereocenters. The van der Waals surface area contributed by atoms with E-state index in [1.807, 2.05) is 27.7 Å². The van der Waals surface area contributed by atoms with Gasteiger partial charge >= 0.3 is 172 Å². The maximum absolute atomic E-state index is 11.7. The van der Waals surface area contributed by atoms with Gasteiger partial charge in [0.1, 0.15) is 0 Å². The first-order valence-corrected chi connectivity index (χ1v) is 26.9. The molecule has 1 N–H and O–H groups in total. The Labute approximate surface area is 283 Å². The number of aliphatic hydroxyl groups is 1. The second-order valence-electron chi connectivity index (χ2n) is 13.7. The summed E-state index contributed by atoms with van der Waals surface area (Å²) in [4.78, 5) is 16.8. The minimum Gasteiger partial charge on any atom is 0 e. The van der Waals surface area contributed by atoms with E-state index >= 15 is 0 Å². The van der Waals surface area contributed by atoms with Gasteiger partial charge in [-0.25, -0.2) is 0 Å². The molecule has 44 heavy (non-hydrogen) atoms. The molecule has 6 heteroatoms. The summed E-state index contributed by atoms with van der Waals surface area (Å²) in [7, 11) is -1.50. The van der Waals surface area contributed by atoms with Crippen LogP contribution in [-0.2, 0) is 24.9 Å². The zero-order chi connectivity index (χ0) is 31.9. The van der Waals surface area contributed by atoms with E-state index in [2.05, 4.69) is 104 Å². The molecule has 0 spiro atoms. The summed E-state index contributed by atoms with van der Waals surface area (Å²) >= 11 is -2.06. The normalized spacial score (nSPS) is 12.3. The minimum atomic E-state index is -2.06. The molecular formula is C38H52GeIrNO2Si-. The number of hydrogen-bond acceptors (Lipinski definition) is 3. The van der Waals surface area contributed by atoms with E-state index in [-0.39, 0.29) is 43.5 Å². The Morgan fingerprint density at radius 3 is 1.95 bits per heavy atom. The number of para-hydroxylation sites is 1. The van der Waals surface area contributed by atoms with Crippen LogP contribution in [0.2, 0.25) is 36.9 Å². The van der Waals surface area contributed by atoms with E-state index in [1.54, 1.807) is 0 Å². The number of carbonyl (C=O) groups excluding carboxylic acids is 1. The van der Waals surface area contributed by atoms with Gasteiger partial charge in [0.15, 0.2) is 5.78 Å². The molecule has 0 bridgehead atoms. The van der Waals surface area contributed by atoms with Crippen molar-refractivity contribution in [1.29, 1.82) is 0 Å². The van der Waals surface area contributed by atoms with E-state index in [0.717, 1.165) is 42.5 Å². The van der Waals surface area contributed by atoms with Crippen molar-refractivity contribution < 1.29 is 30.0 Å². The van der Waals surface area contributed by atoms with Crippen molar-refractivity contribution in [3.05, 3.63) is 78.6 Å². The summed E-state index contributed by atoms with van der Waals surface area (Å²) in [6, 6.07) is 25.7. The molecule has 239 valence electrons. The first-order chi connectivity index (χ1) is 20.2. The molecule has 0 amide bonds. The fourth-order valence-corrected chi connectivity index (χ4v) is 10.6. The molecule has 1 heterocycles. The first kappa shape index (κ1) is 38.1. The number of benzene rings is 3. The van der Waals surface area contributed by atoms with Crippen molar-refractivity contribution in [2.75, 3.05) is 0 Å². The van der Waals surface area contributed by atoms with Crippen LogP contribution in [0.25, 0.3) is 32.9 Å². The fourth-order valence-electron chi connectivity index (χ4n) is 5.70. The van der Waals surface area contributed by atoms with Crippen molar-refractivity contribution in [2.45, 2.75) is 90.3 Å². The van der Waals surface area contributed by atoms with Crippen LogP contribution in [0.5, 0.6) is 0 Å². The van der Waals surface area contributed by atoms with Gasteiger partial charge in [0.2, 0.25) is 0 Å². The van der Waals surface area contributed by atoms with Crippen molar-refractivity contribution in [2.24, 2.45) is 11.8 Å². The van der Waals surface area contributed by atoms with Crippen LogP contribution < -0.4 is 9.58 Å². The van der Waals surface area contributed by atoms with Crippen LogP contribution in [0, 0.1) is 17.9 Å². The molecule has 3 aromatic carbocycles. The second kappa shape index (κ2) is 16.5. The maximum atomic E-state index is 11.7. The second-order valence-corrected chi connectivity index (χ2v) is 29.3. The largest absolute Gasteiger partial charge is 0 e. The van der Waals surface area contributed by atoms with E-state index in [1.165, 1.54) is 31.8 Å². The number of pyridine rings is 1. The Balaban J connectivity index is 0.000000363. The Hall–Kier alpha value is -2.05. The molecule has 0 aliphatic carbocycles. The van der Waals surface area contributed by atoms with Gasteiger partial charge in [0, 0.05) is 38.0 Å². The van der Waals surface area contributed by atoms with Crippen LogP contribution in [0.4, 0.5) is 0 Å². The number of allylic oxidation sites excluding steroid dienone is 2. The van der Waals surface area contributed by atoms with Crippen molar-refractivity contribution >= 4 is 58.4 Å². The van der Waals surface area contributed by atoms with Crippen LogP contribution in [0.15, 0.2) is 72.5 Å². The molecule has 4 rings (SSSR count). The number of rotatable bonds is 10. The average molecular weight is 848 g/mol. The molecule has 1 aromatic heterocycles. The predicted octanol–water partition coefficient (Wildman–Crippen LogP) is 9.81. The number of aromatic nitrogens is 1. The minimum absolute atomic E-state index is 0. The molecule has 3 nitrogen and oxygen atoms in total. The van der Waals surface area contributed by atoms with Gasteiger partial charge in [-0.05, 0) is 25.7 Å². The summed E-state index contributed by atoms with van der Waals surface area (Å²) in [5.41, 5.74) is 3.31. The Morgan fingerprint density at radius 2 is 1.41 bits per heavy atom. The van der Waals surface area contributed by atoms with Crippen molar-refractivity contribution in [3.8, 4) is 11.3 Å². The predicted molar refractivity (Wildman–Crippen MR) is 193 cm³/mol. The zero-order valence-corrected chi connectivity index (χ0v) is 34.0. The number of aliphatic hydroxyl groups excluding tert-OH is 1. The van der Waals surface area contributed by atoms with Gasteiger partial charge < -0.3 is 5.11 Å². The topological polar surface area (TPSA) is 50.2 Å². The van der Waals surface area contributed by atoms with Gasteiger partial charge in [0.25, 0.3) is 0 Å². The molecule has 0 unspecified atom stereocenters. The third-order valence-corrected chi connectivity index (χ3v) is 14.8. The molecule has 4 aromatic rings. The fraction of sp³-hybridized carbons (Fsp3) is 0.421. The molecular weight excluding hydrogens is 795 g/mol. The molecule has 0 aliphatic rings. The SMILES string of the molecule is CCC(CC)C(=O)/C=C(\O)C(CC)CC.C[Si](C)(C)c1cc(-c2c[c]([Ge]([CH3])([CH3])[CH3])c3ccccc3n2)[c-]c2ccccc12.[Ir]. The Kier molecular flexibility index (Phi) is 14.3. The summed E-state index contributed by atoms with van der Waals surface area (Å²) < 4.78 is 1.52. The van der Waals surface area contributed by atoms with Gasteiger partial charge in [0.05, 0.1) is 5.76 Å². The number of ketones is 1. The van der Waals surface area contributed by atoms with Crippen LogP contribution in [-0.4, -0.2) is 37.2 Å². The molecule has 0 aliphatic heterocycles. The van der Waals surface area contributed by atoms with E-state index in [4.69, 9.17) is 4.98 Å². The van der Waals surface area contributed by atoms with E-state index in [9.17, 15) is 9.90 Å². The smallest absolute Gasteiger partial charge is 0 e. The van der Waals surface area contributed by atoms with E-state index < -0.39 is 21.3 Å². The van der Waals surface area contributed by atoms with Gasteiger partial charge in [-0.15, -0.1) is 0 Å². The van der Waals surface area contributed by atoms with Gasteiger partial charge in [-0.2, -0.15) is 0 Å². The maximum Gasteiger partial charge on any atom is 0 e. The van der Waals surface area contributed by atoms with Crippen LogP contribution >= 0.6 is 0 Å². The first-order valence-electron chi connectivity index (χ1n) is 16.1. The summed E-state index contributed by atoms with van der Waals surface area (Å²) in [6.07, 6.45) is 4.91. The van der Waals surface area contributed by atoms with Gasteiger partial charge in [-0.1, -0.05) is 27.7 Å². The Bertz CT molecular complexity index is 1480. The van der Waals surface area contributed by atoms with Crippen LogP contribution in [0.3, 0.4) is 0 Å². The van der Waals surface area contributed by atoms with Crippen molar-refractivity contribution in [1.82, 2.24) is 4.98 Å². The third-order valence-electron chi connectivity index (χ3n) is 8.47. The van der Waals surface area contributed by atoms with Gasteiger partial charge in [-0.3, -0.25) is 4.79 Å². The average Bonchev–Trinajstić information content (AvgIpc) is 2.96. The molecule has 1 radical (unpaired) electrons. The third kappa shape index (κ3) is 9.48. The van der Waals surface area contributed by atoms with E-state index in [0.29, 0.717) is 0 Å². The monoisotopic (exact) mass is 849 g/mol. The number of fused-ring (bicyclic) bond motifs is 2. The molecule has 0 saturated heterocycles.